The van der Waals surface area contributed by atoms with E-state index in [1.165, 1.54) is 0 Å². The van der Waals surface area contributed by atoms with Gasteiger partial charge < -0.3 is 4.74 Å². The first-order chi connectivity index (χ1) is 9.35. The SMILES string of the molecule is COc1ccccc1N=C(N=C=S)c1ccccc1. The minimum Gasteiger partial charge on any atom is -0.494 e. The molecule has 0 aliphatic carbocycles. The van der Waals surface area contributed by atoms with Crippen molar-refractivity contribution in [2.75, 3.05) is 7.11 Å². The van der Waals surface area contributed by atoms with Gasteiger partial charge in [-0.2, -0.15) is 4.99 Å². The standard InChI is InChI=1S/C15H12N2OS/c1-18-14-10-6-5-9-13(14)17-15(16-11-19)12-7-3-2-4-8-12/h2-10H,1H3. The number of amidine groups is 1. The van der Waals surface area contributed by atoms with Crippen molar-refractivity contribution < 1.29 is 4.74 Å². The number of hydrogen-bond acceptors (Lipinski definition) is 3. The van der Waals surface area contributed by atoms with Crippen LogP contribution in [-0.2, 0) is 0 Å². The molecule has 19 heavy (non-hydrogen) atoms. The molecular weight excluding hydrogens is 256 g/mol. The molecule has 0 aliphatic heterocycles. The molecule has 2 aromatic carbocycles. The van der Waals surface area contributed by atoms with Crippen molar-refractivity contribution in [3.63, 3.8) is 0 Å². The zero-order valence-corrected chi connectivity index (χ0v) is 11.2. The first kappa shape index (κ1) is 13.1. The molecule has 0 saturated heterocycles. The topological polar surface area (TPSA) is 34.0 Å². The molecule has 3 nitrogen and oxygen atoms in total. The van der Waals surface area contributed by atoms with E-state index in [-0.39, 0.29) is 0 Å². The Morgan fingerprint density at radius 3 is 2.42 bits per heavy atom. The second-order valence-corrected chi connectivity index (χ2v) is 3.86. The fourth-order valence-electron chi connectivity index (χ4n) is 1.62. The third-order valence-corrected chi connectivity index (χ3v) is 2.59. The summed E-state index contributed by atoms with van der Waals surface area (Å²) in [5.41, 5.74) is 1.59. The lowest BCUT2D eigenvalue weighted by Gasteiger charge is -2.05. The fraction of sp³-hybridized carbons (Fsp3) is 0.0667. The Labute approximate surface area is 117 Å². The van der Waals surface area contributed by atoms with Crippen molar-refractivity contribution in [3.05, 3.63) is 60.2 Å². The number of thiocarbonyl (C=S) groups is 1. The second kappa shape index (κ2) is 6.59. The molecule has 0 fully saturated rings. The van der Waals surface area contributed by atoms with Gasteiger partial charge >= 0.3 is 0 Å². The zero-order chi connectivity index (χ0) is 13.5. The number of benzene rings is 2. The van der Waals surface area contributed by atoms with Gasteiger partial charge in [0.2, 0.25) is 0 Å². The van der Waals surface area contributed by atoms with Gasteiger partial charge in [0.25, 0.3) is 0 Å². The predicted octanol–water partition coefficient (Wildman–Crippen LogP) is 3.88. The number of para-hydroxylation sites is 2. The van der Waals surface area contributed by atoms with Gasteiger partial charge in [-0.1, -0.05) is 42.5 Å². The number of isothiocyanates is 1. The maximum absolute atomic E-state index is 5.27. The third-order valence-electron chi connectivity index (χ3n) is 2.50. The highest BCUT2D eigenvalue weighted by Crippen LogP contribution is 2.27. The lowest BCUT2D eigenvalue weighted by molar-refractivity contribution is 0.416. The number of ether oxygens (including phenoxy) is 1. The highest BCUT2D eigenvalue weighted by Gasteiger charge is 2.04. The molecule has 0 spiro atoms. The normalized spacial score (nSPS) is 10.7. The summed E-state index contributed by atoms with van der Waals surface area (Å²) in [7, 11) is 1.61. The molecule has 2 rings (SSSR count). The lowest BCUT2D eigenvalue weighted by Crippen LogP contribution is -1.96. The van der Waals surface area contributed by atoms with Crippen LogP contribution in [0, 0.1) is 0 Å². The minimum atomic E-state index is 0.514. The first-order valence-electron chi connectivity index (χ1n) is 5.70. The van der Waals surface area contributed by atoms with E-state index in [1.54, 1.807) is 7.11 Å². The molecule has 0 aromatic heterocycles. The van der Waals surface area contributed by atoms with Gasteiger partial charge in [-0.15, -0.1) is 0 Å². The average molecular weight is 268 g/mol. The number of nitrogens with zero attached hydrogens (tertiary/aromatic N) is 2. The molecule has 4 heteroatoms. The molecular formula is C15H12N2OS. The van der Waals surface area contributed by atoms with Crippen LogP contribution in [0.5, 0.6) is 5.75 Å². The van der Waals surface area contributed by atoms with Crippen LogP contribution >= 0.6 is 12.2 Å². The molecule has 2 aromatic rings. The third kappa shape index (κ3) is 3.35. The maximum Gasteiger partial charge on any atom is 0.170 e. The monoisotopic (exact) mass is 268 g/mol. The van der Waals surface area contributed by atoms with E-state index in [4.69, 9.17) is 4.74 Å². The van der Waals surface area contributed by atoms with Crippen LogP contribution in [0.2, 0.25) is 0 Å². The molecule has 0 heterocycles. The Morgan fingerprint density at radius 2 is 1.74 bits per heavy atom. The van der Waals surface area contributed by atoms with Crippen molar-refractivity contribution >= 4 is 28.9 Å². The van der Waals surface area contributed by atoms with Gasteiger partial charge in [0.05, 0.1) is 12.3 Å². The zero-order valence-electron chi connectivity index (χ0n) is 10.4. The lowest BCUT2D eigenvalue weighted by atomic mass is 10.2. The van der Waals surface area contributed by atoms with E-state index in [9.17, 15) is 0 Å². The minimum absolute atomic E-state index is 0.514. The quantitative estimate of drug-likeness (QED) is 0.481. The molecule has 0 N–H and O–H groups in total. The van der Waals surface area contributed by atoms with E-state index in [0.29, 0.717) is 17.3 Å². The average Bonchev–Trinajstić information content (AvgIpc) is 2.48. The summed E-state index contributed by atoms with van der Waals surface area (Å²) in [6.07, 6.45) is 0. The molecule has 94 valence electrons. The number of methoxy groups -OCH3 is 1. The Kier molecular flexibility index (Phi) is 4.56. The Morgan fingerprint density at radius 1 is 1.05 bits per heavy atom. The van der Waals surface area contributed by atoms with Gasteiger partial charge in [0, 0.05) is 5.56 Å². The molecule has 0 radical (unpaired) electrons. The van der Waals surface area contributed by atoms with Crippen molar-refractivity contribution in [2.45, 2.75) is 0 Å². The van der Waals surface area contributed by atoms with E-state index in [2.05, 4.69) is 27.4 Å². The summed E-state index contributed by atoms with van der Waals surface area (Å²) in [5, 5.41) is 2.36. The van der Waals surface area contributed by atoms with Crippen LogP contribution in [0.4, 0.5) is 5.69 Å². The van der Waals surface area contributed by atoms with E-state index >= 15 is 0 Å². The van der Waals surface area contributed by atoms with Gasteiger partial charge in [0.1, 0.15) is 11.4 Å². The number of hydrogen-bond donors (Lipinski definition) is 0. The molecule has 0 aliphatic rings. The highest BCUT2D eigenvalue weighted by atomic mass is 32.1. The molecule has 0 saturated carbocycles. The number of rotatable bonds is 3. The maximum atomic E-state index is 5.27. The molecule has 0 atom stereocenters. The van der Waals surface area contributed by atoms with Crippen LogP contribution in [0.1, 0.15) is 5.56 Å². The van der Waals surface area contributed by atoms with Crippen LogP contribution in [0.15, 0.2) is 64.6 Å². The number of aliphatic imine (C=N–C) groups is 2. The van der Waals surface area contributed by atoms with Crippen molar-refractivity contribution in [1.29, 1.82) is 0 Å². The van der Waals surface area contributed by atoms with Gasteiger partial charge in [0.15, 0.2) is 5.84 Å². The summed E-state index contributed by atoms with van der Waals surface area (Å²) in [6, 6.07) is 17.1. The Hall–Kier alpha value is -2.29. The second-order valence-electron chi connectivity index (χ2n) is 3.68. The predicted molar refractivity (Wildman–Crippen MR) is 80.7 cm³/mol. The van der Waals surface area contributed by atoms with Crippen molar-refractivity contribution in [1.82, 2.24) is 0 Å². The fourth-order valence-corrected chi connectivity index (χ4v) is 1.71. The van der Waals surface area contributed by atoms with Crippen LogP contribution < -0.4 is 4.74 Å². The van der Waals surface area contributed by atoms with Gasteiger partial charge in [-0.25, -0.2) is 4.99 Å². The van der Waals surface area contributed by atoms with Crippen LogP contribution in [-0.4, -0.2) is 18.1 Å². The highest BCUT2D eigenvalue weighted by molar-refractivity contribution is 7.78. The summed E-state index contributed by atoms with van der Waals surface area (Å²) < 4.78 is 5.27. The first-order valence-corrected chi connectivity index (χ1v) is 6.11. The Bertz CT molecular complexity index is 632. The van der Waals surface area contributed by atoms with E-state index in [1.807, 2.05) is 54.6 Å². The van der Waals surface area contributed by atoms with Crippen LogP contribution in [0.25, 0.3) is 0 Å². The largest absolute Gasteiger partial charge is 0.494 e. The van der Waals surface area contributed by atoms with Crippen LogP contribution in [0.3, 0.4) is 0 Å². The van der Waals surface area contributed by atoms with E-state index < -0.39 is 0 Å². The van der Waals surface area contributed by atoms with Gasteiger partial charge in [-0.3, -0.25) is 0 Å². The summed E-state index contributed by atoms with van der Waals surface area (Å²) in [6.45, 7) is 0. The van der Waals surface area contributed by atoms with Crippen molar-refractivity contribution in [2.24, 2.45) is 9.98 Å². The van der Waals surface area contributed by atoms with E-state index in [0.717, 1.165) is 5.56 Å². The Balaban J connectivity index is 2.50. The summed E-state index contributed by atoms with van der Waals surface area (Å²) in [4.78, 5) is 8.51. The smallest absolute Gasteiger partial charge is 0.170 e. The summed E-state index contributed by atoms with van der Waals surface area (Å²) in [5.74, 6) is 1.20. The summed E-state index contributed by atoms with van der Waals surface area (Å²) >= 11 is 4.68. The molecule has 0 unspecified atom stereocenters. The molecule has 0 bridgehead atoms. The molecule has 0 amide bonds. The van der Waals surface area contributed by atoms with Crippen molar-refractivity contribution in [3.8, 4) is 5.75 Å². The van der Waals surface area contributed by atoms with Gasteiger partial charge in [-0.05, 0) is 24.4 Å².